The molecule has 22 heavy (non-hydrogen) atoms. The number of ketones is 1. The number of hydrogen-bond donors (Lipinski definition) is 0. The van der Waals surface area contributed by atoms with Gasteiger partial charge in [-0.1, -0.05) is 41.6 Å². The number of rotatable bonds is 1. The van der Waals surface area contributed by atoms with Crippen LogP contribution in [0.5, 0.6) is 0 Å². The SMILES string of the molecule is Cc1ccc2c(c1)C(=O)C(=Cc1cn(C)c3ccccc13)S2. The Hall–Kier alpha value is -2.26. The molecule has 0 saturated heterocycles. The second kappa shape index (κ2) is 4.89. The van der Waals surface area contributed by atoms with Gasteiger partial charge in [-0.15, -0.1) is 0 Å². The van der Waals surface area contributed by atoms with Crippen molar-refractivity contribution in [1.29, 1.82) is 0 Å². The number of fused-ring (bicyclic) bond motifs is 2. The van der Waals surface area contributed by atoms with Gasteiger partial charge in [-0.3, -0.25) is 4.79 Å². The fraction of sp³-hybridized carbons (Fsp3) is 0.105. The first-order chi connectivity index (χ1) is 10.6. The number of carbonyl (C=O) groups excluding carboxylic acids is 1. The van der Waals surface area contributed by atoms with Gasteiger partial charge >= 0.3 is 0 Å². The molecule has 2 nitrogen and oxygen atoms in total. The molecule has 0 unspecified atom stereocenters. The lowest BCUT2D eigenvalue weighted by molar-refractivity contribution is 0.104. The summed E-state index contributed by atoms with van der Waals surface area (Å²) in [6, 6.07) is 14.3. The van der Waals surface area contributed by atoms with Gasteiger partial charge in [0, 0.05) is 40.2 Å². The number of benzene rings is 2. The number of para-hydroxylation sites is 1. The summed E-state index contributed by atoms with van der Waals surface area (Å²) in [6.45, 7) is 2.02. The van der Waals surface area contributed by atoms with Crippen LogP contribution in [0.4, 0.5) is 0 Å². The molecule has 0 saturated carbocycles. The molecule has 1 aliphatic rings. The van der Waals surface area contributed by atoms with Crippen LogP contribution in [-0.2, 0) is 7.05 Å². The predicted octanol–water partition coefficient (Wildman–Crippen LogP) is 4.82. The third kappa shape index (κ3) is 2.01. The number of hydrogen-bond acceptors (Lipinski definition) is 2. The zero-order valence-electron chi connectivity index (χ0n) is 12.5. The molecule has 0 aliphatic carbocycles. The smallest absolute Gasteiger partial charge is 0.200 e. The van der Waals surface area contributed by atoms with Gasteiger partial charge in [0.2, 0.25) is 5.78 Å². The van der Waals surface area contributed by atoms with Crippen molar-refractivity contribution in [2.75, 3.05) is 0 Å². The molecule has 0 bridgehead atoms. The average Bonchev–Trinajstić information content (AvgIpc) is 2.99. The Balaban J connectivity index is 1.83. The lowest BCUT2D eigenvalue weighted by Crippen LogP contribution is -1.94. The second-order valence-corrected chi connectivity index (χ2v) is 6.74. The quantitative estimate of drug-likeness (QED) is 0.601. The molecule has 0 amide bonds. The monoisotopic (exact) mass is 305 g/mol. The average molecular weight is 305 g/mol. The Bertz CT molecular complexity index is 949. The molecule has 2 aromatic carbocycles. The van der Waals surface area contributed by atoms with Crippen molar-refractivity contribution in [2.24, 2.45) is 7.05 Å². The van der Waals surface area contributed by atoms with Gasteiger partial charge in [0.1, 0.15) is 0 Å². The highest BCUT2D eigenvalue weighted by Gasteiger charge is 2.26. The standard InChI is InChI=1S/C19H15NOS/c1-12-7-8-17-15(9-12)19(21)18(22-17)10-13-11-20(2)16-6-4-3-5-14(13)16/h3-11H,1-2H3. The van der Waals surface area contributed by atoms with Crippen LogP contribution in [0.1, 0.15) is 21.5 Å². The van der Waals surface area contributed by atoms with Crippen LogP contribution >= 0.6 is 11.8 Å². The van der Waals surface area contributed by atoms with Crippen LogP contribution in [-0.4, -0.2) is 10.4 Å². The summed E-state index contributed by atoms with van der Waals surface area (Å²) in [5.41, 5.74) is 4.23. The largest absolute Gasteiger partial charge is 0.350 e. The van der Waals surface area contributed by atoms with E-state index in [0.717, 1.165) is 26.5 Å². The molecule has 1 aromatic heterocycles. The predicted molar refractivity (Wildman–Crippen MR) is 92.3 cm³/mol. The molecule has 0 spiro atoms. The highest BCUT2D eigenvalue weighted by Crippen LogP contribution is 2.41. The van der Waals surface area contributed by atoms with Crippen LogP contribution in [0.2, 0.25) is 0 Å². The van der Waals surface area contributed by atoms with E-state index < -0.39 is 0 Å². The Morgan fingerprint density at radius 2 is 1.95 bits per heavy atom. The van der Waals surface area contributed by atoms with E-state index in [2.05, 4.69) is 29.0 Å². The van der Waals surface area contributed by atoms with E-state index in [9.17, 15) is 4.79 Å². The highest BCUT2D eigenvalue weighted by molar-refractivity contribution is 8.04. The van der Waals surface area contributed by atoms with Crippen molar-refractivity contribution in [3.63, 3.8) is 0 Å². The molecule has 3 heteroatoms. The molecule has 108 valence electrons. The van der Waals surface area contributed by atoms with Crippen molar-refractivity contribution in [1.82, 2.24) is 4.57 Å². The maximum atomic E-state index is 12.6. The Morgan fingerprint density at radius 1 is 1.14 bits per heavy atom. The first-order valence-electron chi connectivity index (χ1n) is 7.22. The summed E-state index contributed by atoms with van der Waals surface area (Å²) >= 11 is 1.57. The zero-order chi connectivity index (χ0) is 15.3. The van der Waals surface area contributed by atoms with E-state index in [4.69, 9.17) is 0 Å². The summed E-state index contributed by atoms with van der Waals surface area (Å²) in [4.78, 5) is 14.5. The normalized spacial score (nSPS) is 15.7. The van der Waals surface area contributed by atoms with Crippen LogP contribution in [0.25, 0.3) is 17.0 Å². The summed E-state index contributed by atoms with van der Waals surface area (Å²) in [6.07, 6.45) is 4.10. The number of aryl methyl sites for hydroxylation is 2. The lowest BCUT2D eigenvalue weighted by atomic mass is 10.1. The number of thioether (sulfide) groups is 1. The second-order valence-electron chi connectivity index (χ2n) is 5.65. The van der Waals surface area contributed by atoms with Crippen LogP contribution in [0.15, 0.2) is 58.5 Å². The van der Waals surface area contributed by atoms with Crippen LogP contribution in [0, 0.1) is 6.92 Å². The van der Waals surface area contributed by atoms with Crippen molar-refractivity contribution < 1.29 is 4.79 Å². The van der Waals surface area contributed by atoms with E-state index in [1.165, 1.54) is 10.9 Å². The highest BCUT2D eigenvalue weighted by atomic mass is 32.2. The molecular formula is C19H15NOS. The molecule has 0 N–H and O–H groups in total. The Kier molecular flexibility index (Phi) is 2.98. The third-order valence-corrected chi connectivity index (χ3v) is 5.14. The number of aromatic nitrogens is 1. The maximum Gasteiger partial charge on any atom is 0.200 e. The van der Waals surface area contributed by atoms with E-state index >= 15 is 0 Å². The van der Waals surface area contributed by atoms with Gasteiger partial charge in [-0.25, -0.2) is 0 Å². The van der Waals surface area contributed by atoms with E-state index in [0.29, 0.717) is 0 Å². The van der Waals surface area contributed by atoms with Gasteiger partial charge < -0.3 is 4.57 Å². The van der Waals surface area contributed by atoms with Gasteiger partial charge in [0.15, 0.2) is 0 Å². The first kappa shape index (κ1) is 13.4. The first-order valence-corrected chi connectivity index (χ1v) is 8.04. The summed E-state index contributed by atoms with van der Waals surface area (Å²) in [5, 5.41) is 1.18. The minimum atomic E-state index is 0.136. The topological polar surface area (TPSA) is 22.0 Å². The number of nitrogens with zero attached hydrogens (tertiary/aromatic N) is 1. The molecule has 0 radical (unpaired) electrons. The minimum Gasteiger partial charge on any atom is -0.350 e. The van der Waals surface area contributed by atoms with Crippen LogP contribution < -0.4 is 0 Å². The van der Waals surface area contributed by atoms with Crippen molar-refractivity contribution in [2.45, 2.75) is 11.8 Å². The molecule has 0 fully saturated rings. The Morgan fingerprint density at radius 3 is 2.82 bits per heavy atom. The van der Waals surface area contributed by atoms with Crippen molar-refractivity contribution in [3.05, 3.63) is 70.3 Å². The van der Waals surface area contributed by atoms with Gasteiger partial charge in [-0.05, 0) is 31.2 Å². The zero-order valence-corrected chi connectivity index (χ0v) is 13.3. The number of Topliss-reactive ketones (excluding diaryl/α,β-unsaturated/α-hetero) is 1. The Labute approximate surface area is 133 Å². The van der Waals surface area contributed by atoms with Gasteiger partial charge in [0.05, 0.1) is 4.91 Å². The van der Waals surface area contributed by atoms with Gasteiger partial charge in [0.25, 0.3) is 0 Å². The number of carbonyl (C=O) groups is 1. The van der Waals surface area contributed by atoms with Crippen molar-refractivity contribution >= 4 is 34.5 Å². The molecule has 3 aromatic rings. The maximum absolute atomic E-state index is 12.6. The number of allylic oxidation sites excluding steroid dienone is 1. The van der Waals surface area contributed by atoms with E-state index in [-0.39, 0.29) is 5.78 Å². The summed E-state index contributed by atoms with van der Waals surface area (Å²) in [7, 11) is 2.03. The summed E-state index contributed by atoms with van der Waals surface area (Å²) in [5.74, 6) is 0.136. The third-order valence-electron chi connectivity index (χ3n) is 4.04. The van der Waals surface area contributed by atoms with Crippen molar-refractivity contribution in [3.8, 4) is 0 Å². The van der Waals surface area contributed by atoms with Crippen LogP contribution in [0.3, 0.4) is 0 Å². The summed E-state index contributed by atoms with van der Waals surface area (Å²) < 4.78 is 2.10. The molecule has 2 heterocycles. The van der Waals surface area contributed by atoms with E-state index in [1.54, 1.807) is 11.8 Å². The molecule has 0 atom stereocenters. The molecule has 4 rings (SSSR count). The molecular weight excluding hydrogens is 290 g/mol. The molecule has 1 aliphatic heterocycles. The van der Waals surface area contributed by atoms with Gasteiger partial charge in [-0.2, -0.15) is 0 Å². The fourth-order valence-corrected chi connectivity index (χ4v) is 3.96. The fourth-order valence-electron chi connectivity index (χ4n) is 2.93. The lowest BCUT2D eigenvalue weighted by Gasteiger charge is -1.95. The minimum absolute atomic E-state index is 0.136. The van der Waals surface area contributed by atoms with E-state index in [1.807, 2.05) is 44.3 Å².